The first-order valence-corrected chi connectivity index (χ1v) is 14.0. The highest BCUT2D eigenvalue weighted by Crippen LogP contribution is 2.46. The van der Waals surface area contributed by atoms with Gasteiger partial charge in [0.25, 0.3) is 0 Å². The zero-order valence-corrected chi connectivity index (χ0v) is 24.1. The molecule has 46 heavy (non-hydrogen) atoms. The number of phenols is 3. The summed E-state index contributed by atoms with van der Waals surface area (Å²) in [5.41, 5.74) is 0.237. The van der Waals surface area contributed by atoms with Gasteiger partial charge in [-0.15, -0.1) is 0 Å². The smallest absolute Gasteiger partial charge is 0.302 e. The van der Waals surface area contributed by atoms with Crippen LogP contribution >= 0.6 is 0 Å². The molecule has 10 N–H and O–H groups in total. The van der Waals surface area contributed by atoms with Gasteiger partial charge in [-0.1, -0.05) is 6.07 Å². The van der Waals surface area contributed by atoms with Gasteiger partial charge in [0.1, 0.15) is 78.4 Å². The molecule has 0 bridgehead atoms. The van der Waals surface area contributed by atoms with Gasteiger partial charge in [0.2, 0.25) is 12.6 Å². The van der Waals surface area contributed by atoms with E-state index in [0.29, 0.717) is 0 Å². The normalized spacial score (nSPS) is 34.1. The third-order valence-corrected chi connectivity index (χ3v) is 7.64. The number of phenolic OH excluding ortho intramolecular Hbond substituents is 3. The van der Waals surface area contributed by atoms with Crippen LogP contribution in [0.4, 0.5) is 0 Å². The average Bonchev–Trinajstić information content (AvgIpc) is 3.02. The van der Waals surface area contributed by atoms with E-state index < -0.39 is 98.2 Å². The van der Waals surface area contributed by atoms with Crippen molar-refractivity contribution >= 4 is 12.0 Å². The van der Waals surface area contributed by atoms with Gasteiger partial charge in [0.05, 0.1) is 12.2 Å². The molecule has 0 saturated carbocycles. The fraction of sp³-hybridized carbons (Fsp3) is 0.483. The lowest BCUT2D eigenvalue weighted by atomic mass is 9.98. The van der Waals surface area contributed by atoms with Crippen molar-refractivity contribution in [2.75, 3.05) is 13.2 Å². The van der Waals surface area contributed by atoms with E-state index in [2.05, 4.69) is 0 Å². The number of rotatable bonds is 8. The summed E-state index contributed by atoms with van der Waals surface area (Å²) in [5.74, 6) is -2.48. The molecule has 3 aliphatic rings. The number of benzene rings is 2. The first kappa shape index (κ1) is 33.5. The molecule has 0 aliphatic carbocycles. The van der Waals surface area contributed by atoms with Crippen molar-refractivity contribution < 1.29 is 84.3 Å². The van der Waals surface area contributed by atoms with Crippen LogP contribution in [-0.2, 0) is 23.7 Å². The Labute approximate surface area is 260 Å². The van der Waals surface area contributed by atoms with Gasteiger partial charge in [-0.3, -0.25) is 4.79 Å². The predicted octanol–water partition coefficient (Wildman–Crippen LogP) is -2.16. The summed E-state index contributed by atoms with van der Waals surface area (Å²) in [6.45, 7) is -0.104. The maximum absolute atomic E-state index is 11.3. The Kier molecular flexibility index (Phi) is 9.78. The van der Waals surface area contributed by atoms with Gasteiger partial charge in [0, 0.05) is 24.6 Å². The fourth-order valence-electron chi connectivity index (χ4n) is 5.13. The molecule has 3 heterocycles. The molecule has 11 atom stereocenters. The Balaban J connectivity index is 1.53. The lowest BCUT2D eigenvalue weighted by Crippen LogP contribution is -2.60. The van der Waals surface area contributed by atoms with Crippen LogP contribution in [0.3, 0.4) is 0 Å². The highest BCUT2D eigenvalue weighted by atomic mass is 16.7. The van der Waals surface area contributed by atoms with Crippen LogP contribution in [0, 0.1) is 0 Å². The van der Waals surface area contributed by atoms with Gasteiger partial charge >= 0.3 is 5.97 Å². The molecule has 2 saturated heterocycles. The van der Waals surface area contributed by atoms with Crippen molar-refractivity contribution in [2.45, 2.75) is 74.4 Å². The van der Waals surface area contributed by atoms with E-state index in [4.69, 9.17) is 28.4 Å². The number of esters is 1. The molecule has 2 aromatic rings. The second kappa shape index (κ2) is 13.4. The minimum atomic E-state index is -1.84. The number of aliphatic hydroxyl groups excluding tert-OH is 7. The van der Waals surface area contributed by atoms with E-state index in [1.807, 2.05) is 0 Å². The number of hydrogen-bond acceptors (Lipinski definition) is 17. The molecular formula is C29H34O17. The van der Waals surface area contributed by atoms with E-state index in [1.165, 1.54) is 24.3 Å². The van der Waals surface area contributed by atoms with Gasteiger partial charge in [-0.05, 0) is 18.2 Å². The molecule has 0 spiro atoms. The summed E-state index contributed by atoms with van der Waals surface area (Å²) in [6.07, 6.45) is -16.5. The van der Waals surface area contributed by atoms with E-state index in [0.717, 1.165) is 19.1 Å². The Bertz CT molecular complexity index is 1450. The summed E-state index contributed by atoms with van der Waals surface area (Å²) in [4.78, 5) is 11.3. The quantitative estimate of drug-likeness (QED) is 0.107. The fourth-order valence-corrected chi connectivity index (χ4v) is 5.13. The molecule has 2 fully saturated rings. The van der Waals surface area contributed by atoms with Crippen molar-refractivity contribution in [3.8, 4) is 28.7 Å². The molecule has 0 amide bonds. The minimum Gasteiger partial charge on any atom is -0.508 e. The largest absolute Gasteiger partial charge is 0.508 e. The van der Waals surface area contributed by atoms with Crippen molar-refractivity contribution in [1.82, 2.24) is 0 Å². The molecule has 3 aliphatic heterocycles. The monoisotopic (exact) mass is 654 g/mol. The van der Waals surface area contributed by atoms with E-state index in [1.54, 1.807) is 0 Å². The van der Waals surface area contributed by atoms with E-state index >= 15 is 0 Å². The number of ether oxygens (including phenoxy) is 6. The molecule has 17 nitrogen and oxygen atoms in total. The number of fused-ring (bicyclic) bond motifs is 1. The third kappa shape index (κ3) is 6.63. The van der Waals surface area contributed by atoms with Crippen molar-refractivity contribution in [1.29, 1.82) is 0 Å². The van der Waals surface area contributed by atoms with Crippen LogP contribution in [0.5, 0.6) is 28.7 Å². The van der Waals surface area contributed by atoms with E-state index in [-0.39, 0.29) is 34.1 Å². The number of hydrogen-bond donors (Lipinski definition) is 10. The zero-order valence-electron chi connectivity index (χ0n) is 24.1. The van der Waals surface area contributed by atoms with E-state index in [9.17, 15) is 55.9 Å². The first-order chi connectivity index (χ1) is 21.8. The topological polar surface area (TPSA) is 275 Å². The molecule has 17 heteroatoms. The minimum absolute atomic E-state index is 0.0437. The maximum Gasteiger partial charge on any atom is 0.302 e. The van der Waals surface area contributed by atoms with Crippen LogP contribution in [0.2, 0.25) is 0 Å². The summed E-state index contributed by atoms with van der Waals surface area (Å²) < 4.78 is 33.8. The van der Waals surface area contributed by atoms with Crippen LogP contribution in [-0.4, -0.2) is 132 Å². The van der Waals surface area contributed by atoms with Crippen LogP contribution in [0.25, 0.3) is 6.08 Å². The van der Waals surface area contributed by atoms with Gasteiger partial charge < -0.3 is 79.5 Å². The number of aromatic hydroxyl groups is 3. The summed E-state index contributed by atoms with van der Waals surface area (Å²) >= 11 is 0. The first-order valence-electron chi connectivity index (χ1n) is 14.0. The predicted molar refractivity (Wildman–Crippen MR) is 148 cm³/mol. The highest BCUT2D eigenvalue weighted by molar-refractivity contribution is 5.70. The number of carbonyl (C=O) groups excluding carboxylic acids is 1. The SMILES string of the molecule is CC(=O)OC[C@H]1O[C@@H](OC2=Cc3c(cc(O)cc3O[C@@H]3O[C@H](CO)[C@@H](O)[C@H](O)[C@H]3O)OC2c2ccc(O)c(O)c2)[C@H](O)[C@H](O)[C@@H]1O. The number of aliphatic hydroxyl groups is 7. The molecule has 5 rings (SSSR count). The second-order valence-corrected chi connectivity index (χ2v) is 10.9. The highest BCUT2D eigenvalue weighted by Gasteiger charge is 2.47. The van der Waals surface area contributed by atoms with Crippen molar-refractivity contribution in [3.05, 3.63) is 47.2 Å². The lowest BCUT2D eigenvalue weighted by Gasteiger charge is -2.41. The number of carbonyl (C=O) groups is 1. The molecular weight excluding hydrogens is 620 g/mol. The Morgan fingerprint density at radius 3 is 2.04 bits per heavy atom. The maximum atomic E-state index is 11.3. The van der Waals surface area contributed by atoms with Crippen LogP contribution in [0.15, 0.2) is 36.1 Å². The summed E-state index contributed by atoms with van der Waals surface area (Å²) in [6, 6.07) is 5.98. The Morgan fingerprint density at radius 1 is 0.783 bits per heavy atom. The molecule has 2 aromatic carbocycles. The third-order valence-electron chi connectivity index (χ3n) is 7.64. The standard InChI is InChI=1S/C29H34O17/c1-10(31)41-9-20-22(36)24(38)26(40)29(46-20)44-18-7-13-16(42-27(18)11-2-3-14(33)15(34)4-11)5-12(32)6-17(13)43-28-25(39)23(37)21(35)19(8-30)45-28/h2-7,19-30,32-40H,8-9H2,1H3/t19-,20-,21-,22-,23+,24-,25-,26-,27?,28-,29-/m1/s1. The second-order valence-electron chi connectivity index (χ2n) is 10.9. The van der Waals surface area contributed by atoms with Gasteiger partial charge in [-0.2, -0.15) is 0 Å². The Hall–Kier alpha value is -3.91. The average molecular weight is 655 g/mol. The lowest BCUT2D eigenvalue weighted by molar-refractivity contribution is -0.294. The molecule has 0 radical (unpaired) electrons. The van der Waals surface area contributed by atoms with Crippen LogP contribution in [0.1, 0.15) is 24.2 Å². The zero-order chi connectivity index (χ0) is 33.4. The Morgan fingerprint density at radius 2 is 1.41 bits per heavy atom. The summed E-state index contributed by atoms with van der Waals surface area (Å²) in [5, 5.41) is 102. The van der Waals surface area contributed by atoms with Crippen molar-refractivity contribution in [2.24, 2.45) is 0 Å². The van der Waals surface area contributed by atoms with Gasteiger partial charge in [-0.25, -0.2) is 0 Å². The molecule has 1 unspecified atom stereocenters. The van der Waals surface area contributed by atoms with Crippen molar-refractivity contribution in [3.63, 3.8) is 0 Å². The van der Waals surface area contributed by atoms with Crippen LogP contribution < -0.4 is 9.47 Å². The van der Waals surface area contributed by atoms with Gasteiger partial charge in [0.15, 0.2) is 17.6 Å². The molecule has 252 valence electrons. The summed E-state index contributed by atoms with van der Waals surface area (Å²) in [7, 11) is 0. The molecule has 0 aromatic heterocycles.